The van der Waals surface area contributed by atoms with Gasteiger partial charge in [0.25, 0.3) is 0 Å². The maximum Gasteiger partial charge on any atom is 0.217 e. The summed E-state index contributed by atoms with van der Waals surface area (Å²) in [5, 5.41) is 231. The monoisotopic (exact) mass is 1450 g/mol. The normalized spacial score (nSPS) is 49.1. The third-order valence-electron chi connectivity index (χ3n) is 18.2. The Morgan fingerprint density at radius 1 is 0.283 bits per heavy atom. The number of ether oxygens (including phenoxy) is 15. The first-order chi connectivity index (χ1) is 46.7. The lowest BCUT2D eigenvalue weighted by Gasteiger charge is -2.51. The third kappa shape index (κ3) is 18.1. The van der Waals surface area contributed by atoms with E-state index in [4.69, 9.17) is 71.1 Å². The molecule has 1 unspecified atom stereocenters. The summed E-state index contributed by atoms with van der Waals surface area (Å²) in [7, 11) is 0. The first kappa shape index (κ1) is 81.2. The molecule has 0 spiro atoms. The molecule has 8 saturated heterocycles. The molecule has 8 fully saturated rings. The van der Waals surface area contributed by atoms with Gasteiger partial charge < -0.3 is 194 Å². The summed E-state index contributed by atoms with van der Waals surface area (Å²) in [6.45, 7) is 0.296. The number of aliphatic hydroxyl groups excluding tert-OH is 20. The van der Waals surface area contributed by atoms with Crippen LogP contribution >= 0.6 is 0 Å². The van der Waals surface area contributed by atoms with Crippen LogP contribution in [-0.4, -0.2) is 411 Å². The van der Waals surface area contributed by atoms with Crippen molar-refractivity contribution in [3.05, 3.63) is 0 Å². The molecule has 0 aromatic heterocycles. The van der Waals surface area contributed by atoms with Crippen molar-refractivity contribution in [1.82, 2.24) is 21.3 Å². The van der Waals surface area contributed by atoms with E-state index in [-0.39, 0.29) is 0 Å². The second-order valence-electron chi connectivity index (χ2n) is 25.3. The van der Waals surface area contributed by atoms with Crippen LogP contribution in [0.2, 0.25) is 0 Å². The van der Waals surface area contributed by atoms with Crippen LogP contribution in [0.5, 0.6) is 0 Å². The Bertz CT molecular complexity index is 2600. The van der Waals surface area contributed by atoms with Crippen molar-refractivity contribution in [3.8, 4) is 0 Å². The van der Waals surface area contributed by atoms with E-state index in [1.165, 1.54) is 13.8 Å². The van der Waals surface area contributed by atoms with Crippen molar-refractivity contribution in [2.45, 2.75) is 287 Å². The number of rotatable bonds is 24. The summed E-state index contributed by atoms with van der Waals surface area (Å²) in [5.74, 6) is -3.43. The minimum absolute atomic E-state index is 0.815. The Balaban J connectivity index is 1.09. The van der Waals surface area contributed by atoms with E-state index >= 15 is 0 Å². The molecule has 0 radical (unpaired) electrons. The molecular formula is C56H94N4O39. The van der Waals surface area contributed by atoms with E-state index < -0.39 is 309 Å². The Kier molecular flexibility index (Phi) is 28.7. The number of amides is 4. The maximum atomic E-state index is 13.0. The van der Waals surface area contributed by atoms with Gasteiger partial charge in [0.05, 0.1) is 51.8 Å². The van der Waals surface area contributed by atoms with Crippen LogP contribution < -0.4 is 21.3 Å². The molecule has 8 aliphatic heterocycles. The number of carbonyl (C=O) groups excluding carboxylic acids is 4. The number of carbonyl (C=O) groups is 4. The van der Waals surface area contributed by atoms with Gasteiger partial charge in [0.2, 0.25) is 23.6 Å². The van der Waals surface area contributed by atoms with Crippen molar-refractivity contribution in [3.63, 3.8) is 0 Å². The summed E-state index contributed by atoms with van der Waals surface area (Å²) in [6, 6.07) is -7.14. The summed E-state index contributed by atoms with van der Waals surface area (Å²) < 4.78 is 90.0. The van der Waals surface area contributed by atoms with Gasteiger partial charge in [-0.05, 0) is 13.8 Å². The lowest BCUT2D eigenvalue weighted by molar-refractivity contribution is -0.400. The number of nitrogens with one attached hydrogen (secondary N) is 4. The lowest BCUT2D eigenvalue weighted by atomic mass is 9.94. The summed E-state index contributed by atoms with van der Waals surface area (Å²) >= 11 is 0. The second kappa shape index (κ2) is 35.0. The van der Waals surface area contributed by atoms with E-state index in [0.717, 1.165) is 27.7 Å². The van der Waals surface area contributed by atoms with Crippen molar-refractivity contribution in [1.29, 1.82) is 0 Å². The Labute approximate surface area is 562 Å². The first-order valence-corrected chi connectivity index (χ1v) is 31.8. The van der Waals surface area contributed by atoms with Crippen LogP contribution in [-0.2, 0) is 90.2 Å². The standard InChI is InChI=1S/C56H94N4O39/c1-13-29(70)39(80)41(82)53(86-13)98-47-45(96-51-25(57-15(3)66)36(77)31(72)19(7-61)89-51)33(74)21(9-63)91-55(47)94-43-23(11-65)93-50(27(38(43)79)59-17(5)68)85-12-24-35(76)44(28(49(84)88-24)60-18(6)69)95-56-48(99-54-42(83)40(81)30(71)14(2)87-54)46(34(75)22(10-64)92-56)97-52-26(58-16(4)67)37(78)32(73)20(8-62)90-52/h13-14,19-56,61-65,70-84H,7-12H2,1-6H3,(H,57,66)(H,58,67)(H,59,68)(H,60,69)/t13-,14-,19+,20+,21+,22+,23+,24+,25+,26+,27+,28+,29+,30+,31-,32+,33-,34-,35-,36+,37+,38+,39+,40+,41-,42+,43+,44+,45-,46-,47+,48+,49?,50+,51+,52+,53-,54-,55-,56-/m0/s1. The molecule has 43 heteroatoms. The average Bonchev–Trinajstić information content (AvgIpc) is 0.766. The zero-order chi connectivity index (χ0) is 73.1. The van der Waals surface area contributed by atoms with Crippen molar-refractivity contribution >= 4 is 23.6 Å². The van der Waals surface area contributed by atoms with Gasteiger partial charge in [-0.15, -0.1) is 0 Å². The molecule has 99 heavy (non-hydrogen) atoms. The van der Waals surface area contributed by atoms with Gasteiger partial charge in [0.1, 0.15) is 183 Å². The fourth-order valence-electron chi connectivity index (χ4n) is 12.8. The highest BCUT2D eigenvalue weighted by Crippen LogP contribution is 2.40. The van der Waals surface area contributed by atoms with Gasteiger partial charge >= 0.3 is 0 Å². The molecule has 0 aromatic carbocycles. The molecule has 0 aromatic rings. The fourth-order valence-corrected chi connectivity index (χ4v) is 12.8. The van der Waals surface area contributed by atoms with Crippen LogP contribution in [0, 0.1) is 0 Å². The third-order valence-corrected chi connectivity index (χ3v) is 18.2. The van der Waals surface area contributed by atoms with E-state index in [1.54, 1.807) is 0 Å². The van der Waals surface area contributed by atoms with Crippen LogP contribution in [0.1, 0.15) is 41.5 Å². The molecule has 43 nitrogen and oxygen atoms in total. The highest BCUT2D eigenvalue weighted by molar-refractivity contribution is 5.74. The zero-order valence-electron chi connectivity index (χ0n) is 54.0. The van der Waals surface area contributed by atoms with Gasteiger partial charge in [-0.3, -0.25) is 19.2 Å². The highest BCUT2D eigenvalue weighted by Gasteiger charge is 2.60. The van der Waals surface area contributed by atoms with E-state index in [9.17, 15) is 121 Å². The van der Waals surface area contributed by atoms with Crippen LogP contribution in [0.25, 0.3) is 0 Å². The summed E-state index contributed by atoms with van der Waals surface area (Å²) in [4.78, 5) is 50.8. The Hall–Kier alpha value is -3.52. The highest BCUT2D eigenvalue weighted by atomic mass is 16.8. The zero-order valence-corrected chi connectivity index (χ0v) is 54.0. The Morgan fingerprint density at radius 2 is 0.596 bits per heavy atom. The van der Waals surface area contributed by atoms with Crippen molar-refractivity contribution in [2.24, 2.45) is 0 Å². The molecule has 24 N–H and O–H groups in total. The van der Waals surface area contributed by atoms with Gasteiger partial charge in [0, 0.05) is 27.7 Å². The molecule has 4 amide bonds. The van der Waals surface area contributed by atoms with Gasteiger partial charge in [0.15, 0.2) is 50.3 Å². The van der Waals surface area contributed by atoms with Crippen molar-refractivity contribution < 1.29 is 192 Å². The predicted octanol–water partition coefficient (Wildman–Crippen LogP) is -15.8. The number of hydrogen-bond donors (Lipinski definition) is 24. The number of aliphatic hydroxyl groups is 20. The molecule has 40 atom stereocenters. The number of hydrogen-bond acceptors (Lipinski definition) is 39. The molecule has 8 aliphatic rings. The largest absolute Gasteiger partial charge is 0.394 e. The van der Waals surface area contributed by atoms with Gasteiger partial charge in [-0.1, -0.05) is 0 Å². The molecule has 0 bridgehead atoms. The smallest absolute Gasteiger partial charge is 0.217 e. The average molecular weight is 1450 g/mol. The lowest BCUT2D eigenvalue weighted by Crippen LogP contribution is -2.71. The molecule has 0 aliphatic carbocycles. The molecular weight excluding hydrogens is 1350 g/mol. The minimum Gasteiger partial charge on any atom is -0.394 e. The SMILES string of the molecule is CC(=O)N[C@H]1[C@H](OC[C@H]2OC(O)[C@H](NC(C)=O)[C@@H](O[C@@H]3O[C@H](CO)[C@H](O)[C@H](O[C@H]4O[C@H](CO)[C@@H](O)[C@H](O)[C@H]4NC(C)=O)[C@H]3O[C@@H]3O[C@@H](C)[C@@H](O)[C@@H](O)[C@H]3O)[C@H]2O)O[C@H](CO)[C@@H](O[C@@H]2O[C@H](CO)[C@H](O)[C@H](O[C@H]3O[C@H](CO)[C@H](O)[C@H](O)[C@H]3NC(C)=O)[C@H]2O[C@@H]2O[C@@H](C)[C@@H](O)[C@@H](O)[C@@H]2O)[C@@H]1O. The van der Waals surface area contributed by atoms with E-state index in [0.29, 0.717) is 0 Å². The van der Waals surface area contributed by atoms with Crippen molar-refractivity contribution in [2.75, 3.05) is 39.6 Å². The Morgan fingerprint density at radius 3 is 0.980 bits per heavy atom. The van der Waals surface area contributed by atoms with Gasteiger partial charge in [-0.25, -0.2) is 0 Å². The quantitative estimate of drug-likeness (QED) is 0.0427. The fraction of sp³-hybridized carbons (Fsp3) is 0.929. The van der Waals surface area contributed by atoms with Crippen LogP contribution in [0.15, 0.2) is 0 Å². The molecule has 572 valence electrons. The molecule has 8 rings (SSSR count). The van der Waals surface area contributed by atoms with Gasteiger partial charge in [-0.2, -0.15) is 0 Å². The molecule has 0 saturated carbocycles. The minimum atomic E-state index is -2.24. The topological polar surface area (TPSA) is 659 Å². The first-order valence-electron chi connectivity index (χ1n) is 31.8. The summed E-state index contributed by atoms with van der Waals surface area (Å²) in [5.41, 5.74) is 0. The van der Waals surface area contributed by atoms with E-state index in [2.05, 4.69) is 21.3 Å². The second-order valence-corrected chi connectivity index (χ2v) is 25.3. The van der Waals surface area contributed by atoms with E-state index in [1.807, 2.05) is 0 Å². The van der Waals surface area contributed by atoms with Crippen LogP contribution in [0.3, 0.4) is 0 Å². The molecule has 8 heterocycles. The predicted molar refractivity (Wildman–Crippen MR) is 308 cm³/mol. The van der Waals surface area contributed by atoms with Crippen LogP contribution in [0.4, 0.5) is 0 Å². The summed E-state index contributed by atoms with van der Waals surface area (Å²) in [6.07, 6.45) is -70.1. The maximum absolute atomic E-state index is 13.0.